The molecule has 1 unspecified atom stereocenters. The summed E-state index contributed by atoms with van der Waals surface area (Å²) in [5, 5.41) is 3.79. The molecule has 0 saturated heterocycles. The highest BCUT2D eigenvalue weighted by atomic mass is 35.5. The number of Topliss-reactive ketones (excluding diaryl/α,β-unsaturated/α-hetero) is 1. The summed E-state index contributed by atoms with van der Waals surface area (Å²) in [7, 11) is 3.14. The third-order valence-corrected chi connectivity index (χ3v) is 6.66. The van der Waals surface area contributed by atoms with Crippen LogP contribution in [0.1, 0.15) is 22.0 Å². The summed E-state index contributed by atoms with van der Waals surface area (Å²) in [5.41, 5.74) is 2.92. The van der Waals surface area contributed by atoms with Gasteiger partial charge in [0.15, 0.2) is 5.78 Å². The minimum atomic E-state index is -0.732. The molecule has 0 aromatic heterocycles. The minimum absolute atomic E-state index is 0.190. The van der Waals surface area contributed by atoms with Crippen LogP contribution in [0.15, 0.2) is 114 Å². The molecule has 1 amide bonds. The van der Waals surface area contributed by atoms with Gasteiger partial charge in [0.2, 0.25) is 0 Å². The number of para-hydroxylation sites is 2. The number of benzene rings is 4. The molecule has 5 rings (SSSR count). The van der Waals surface area contributed by atoms with Gasteiger partial charge in [-0.2, -0.15) is 0 Å². The predicted octanol–water partition coefficient (Wildman–Crippen LogP) is 6.69. The number of carbonyl (C=O) groups excluding carboxylic acids is 2. The highest BCUT2D eigenvalue weighted by Crippen LogP contribution is 2.45. The van der Waals surface area contributed by atoms with Crippen molar-refractivity contribution in [3.8, 4) is 11.5 Å². The van der Waals surface area contributed by atoms with Crippen molar-refractivity contribution in [1.82, 2.24) is 0 Å². The average Bonchev–Trinajstić information content (AvgIpc) is 3.25. The fourth-order valence-corrected chi connectivity index (χ4v) is 4.71. The van der Waals surface area contributed by atoms with Crippen molar-refractivity contribution >= 4 is 34.7 Å². The third kappa shape index (κ3) is 4.74. The number of halogens is 1. The Morgan fingerprint density at radius 3 is 2.13 bits per heavy atom. The molecule has 1 N–H and O–H groups in total. The predicted molar refractivity (Wildman–Crippen MR) is 149 cm³/mol. The smallest absolute Gasteiger partial charge is 0.276 e. The molecule has 4 aromatic carbocycles. The topological polar surface area (TPSA) is 67.9 Å². The van der Waals surface area contributed by atoms with Gasteiger partial charge >= 0.3 is 0 Å². The molecule has 190 valence electrons. The van der Waals surface area contributed by atoms with Crippen LogP contribution < -0.4 is 19.7 Å². The number of methoxy groups -OCH3 is 2. The zero-order chi connectivity index (χ0) is 26.6. The number of hydrogen-bond donors (Lipinski definition) is 1. The SMILES string of the molecule is COc1ccc(NC2=C(C(=O)c3ccccc3)C(c3ccc(Cl)cc3)N(c3ccccc3OC)C2=O)cc1. The van der Waals surface area contributed by atoms with E-state index < -0.39 is 6.04 Å². The van der Waals surface area contributed by atoms with Crippen LogP contribution in [-0.2, 0) is 4.79 Å². The van der Waals surface area contributed by atoms with Crippen molar-refractivity contribution in [1.29, 1.82) is 0 Å². The van der Waals surface area contributed by atoms with E-state index in [0.717, 1.165) is 5.56 Å². The second-order valence-electron chi connectivity index (χ2n) is 8.64. The molecule has 1 aliphatic rings. The summed E-state index contributed by atoms with van der Waals surface area (Å²) >= 11 is 6.20. The lowest BCUT2D eigenvalue weighted by Crippen LogP contribution is -2.32. The summed E-state index contributed by atoms with van der Waals surface area (Å²) in [6.45, 7) is 0. The van der Waals surface area contributed by atoms with E-state index in [0.29, 0.717) is 39.0 Å². The molecule has 0 radical (unpaired) electrons. The summed E-state index contributed by atoms with van der Waals surface area (Å²) in [6.07, 6.45) is 0. The van der Waals surface area contributed by atoms with Gasteiger partial charge in [0.05, 0.1) is 31.5 Å². The van der Waals surface area contributed by atoms with E-state index in [-0.39, 0.29) is 17.4 Å². The lowest BCUT2D eigenvalue weighted by atomic mass is 9.92. The number of nitrogens with zero attached hydrogens (tertiary/aromatic N) is 1. The first kappa shape index (κ1) is 25.1. The van der Waals surface area contributed by atoms with Crippen LogP contribution in [0.3, 0.4) is 0 Å². The zero-order valence-corrected chi connectivity index (χ0v) is 21.6. The molecule has 1 atom stereocenters. The summed E-state index contributed by atoms with van der Waals surface area (Å²) in [6, 6.07) is 29.8. The maximum absolute atomic E-state index is 14.2. The van der Waals surface area contributed by atoms with Crippen molar-refractivity contribution in [3.05, 3.63) is 131 Å². The number of hydrogen-bond acceptors (Lipinski definition) is 5. The summed E-state index contributed by atoms with van der Waals surface area (Å²) in [4.78, 5) is 30.0. The van der Waals surface area contributed by atoms with Gasteiger partial charge < -0.3 is 14.8 Å². The first-order valence-corrected chi connectivity index (χ1v) is 12.4. The van der Waals surface area contributed by atoms with Crippen LogP contribution in [0.2, 0.25) is 5.02 Å². The molecule has 0 spiro atoms. The maximum Gasteiger partial charge on any atom is 0.276 e. The van der Waals surface area contributed by atoms with Gasteiger partial charge in [0.1, 0.15) is 17.2 Å². The number of nitrogens with one attached hydrogen (secondary N) is 1. The number of ether oxygens (including phenoxy) is 2. The molecular weight excluding hydrogens is 500 g/mol. The standard InChI is InChI=1S/C31H25ClN2O4/c1-37-24-18-16-23(17-19-24)33-28-27(30(35)21-8-4-3-5-9-21)29(20-12-14-22(32)15-13-20)34(31(28)36)25-10-6-7-11-26(25)38-2/h3-19,29,33H,1-2H3. The summed E-state index contributed by atoms with van der Waals surface area (Å²) < 4.78 is 10.9. The first-order chi connectivity index (χ1) is 18.5. The quantitative estimate of drug-likeness (QED) is 0.260. The van der Waals surface area contributed by atoms with Crippen molar-refractivity contribution in [3.63, 3.8) is 0 Å². The summed E-state index contributed by atoms with van der Waals surface area (Å²) in [5.74, 6) is 0.575. The van der Waals surface area contributed by atoms with E-state index in [4.69, 9.17) is 21.1 Å². The monoisotopic (exact) mass is 524 g/mol. The highest BCUT2D eigenvalue weighted by molar-refractivity contribution is 6.30. The van der Waals surface area contributed by atoms with Gasteiger partial charge in [0.25, 0.3) is 5.91 Å². The Hall–Kier alpha value is -4.55. The Kier molecular flexibility index (Phi) is 7.15. The molecule has 6 nitrogen and oxygen atoms in total. The van der Waals surface area contributed by atoms with E-state index in [1.807, 2.05) is 30.3 Å². The number of carbonyl (C=O) groups is 2. The Balaban J connectivity index is 1.73. The molecule has 0 bridgehead atoms. The lowest BCUT2D eigenvalue weighted by molar-refractivity contribution is -0.114. The van der Waals surface area contributed by atoms with Crippen LogP contribution in [-0.4, -0.2) is 25.9 Å². The van der Waals surface area contributed by atoms with Crippen LogP contribution in [0.25, 0.3) is 0 Å². The van der Waals surface area contributed by atoms with Gasteiger partial charge in [0, 0.05) is 16.3 Å². The molecular formula is C31H25ClN2O4. The van der Waals surface area contributed by atoms with E-state index in [1.165, 1.54) is 0 Å². The second kappa shape index (κ2) is 10.8. The van der Waals surface area contributed by atoms with Crippen LogP contribution in [0, 0.1) is 0 Å². The molecule has 0 saturated carbocycles. The van der Waals surface area contributed by atoms with Crippen LogP contribution in [0.4, 0.5) is 11.4 Å². The molecule has 38 heavy (non-hydrogen) atoms. The second-order valence-corrected chi connectivity index (χ2v) is 9.07. The van der Waals surface area contributed by atoms with Crippen molar-refractivity contribution in [2.75, 3.05) is 24.4 Å². The van der Waals surface area contributed by atoms with E-state index in [2.05, 4.69) is 5.32 Å². The fourth-order valence-electron chi connectivity index (χ4n) is 4.58. The third-order valence-electron chi connectivity index (χ3n) is 6.40. The Bertz CT molecular complexity index is 1500. The Morgan fingerprint density at radius 2 is 1.47 bits per heavy atom. The van der Waals surface area contributed by atoms with E-state index >= 15 is 0 Å². The van der Waals surface area contributed by atoms with Crippen molar-refractivity contribution in [2.45, 2.75) is 6.04 Å². The number of amides is 1. The first-order valence-electron chi connectivity index (χ1n) is 12.0. The van der Waals surface area contributed by atoms with Gasteiger partial charge in [-0.05, 0) is 54.1 Å². The zero-order valence-electron chi connectivity index (χ0n) is 20.9. The molecule has 0 aliphatic carbocycles. The highest BCUT2D eigenvalue weighted by Gasteiger charge is 2.45. The molecule has 0 fully saturated rings. The van der Waals surface area contributed by atoms with Gasteiger partial charge in [-0.3, -0.25) is 14.5 Å². The fraction of sp³-hybridized carbons (Fsp3) is 0.0968. The normalized spacial score (nSPS) is 15.0. The number of ketones is 1. The van der Waals surface area contributed by atoms with E-state index in [1.54, 1.807) is 91.9 Å². The lowest BCUT2D eigenvalue weighted by Gasteiger charge is -2.28. The minimum Gasteiger partial charge on any atom is -0.497 e. The number of anilines is 2. The maximum atomic E-state index is 14.2. The largest absolute Gasteiger partial charge is 0.497 e. The molecule has 4 aromatic rings. The average molecular weight is 525 g/mol. The van der Waals surface area contributed by atoms with Gasteiger partial charge in [-0.15, -0.1) is 0 Å². The Labute approximate surface area is 226 Å². The number of rotatable bonds is 8. The van der Waals surface area contributed by atoms with Crippen molar-refractivity contribution < 1.29 is 19.1 Å². The van der Waals surface area contributed by atoms with Crippen LogP contribution in [0.5, 0.6) is 11.5 Å². The van der Waals surface area contributed by atoms with Crippen molar-refractivity contribution in [2.24, 2.45) is 0 Å². The molecule has 1 heterocycles. The molecule has 7 heteroatoms. The molecule has 1 aliphatic heterocycles. The Morgan fingerprint density at radius 1 is 0.816 bits per heavy atom. The van der Waals surface area contributed by atoms with E-state index in [9.17, 15) is 9.59 Å². The van der Waals surface area contributed by atoms with Gasteiger partial charge in [-0.1, -0.05) is 66.2 Å². The van der Waals surface area contributed by atoms with Gasteiger partial charge in [-0.25, -0.2) is 0 Å². The van der Waals surface area contributed by atoms with Crippen LogP contribution >= 0.6 is 11.6 Å².